The van der Waals surface area contributed by atoms with Crippen LogP contribution in [0.5, 0.6) is 0 Å². The van der Waals surface area contributed by atoms with E-state index in [-0.39, 0.29) is 0 Å². The smallest absolute Gasteiger partial charge is 0.0468 e. The van der Waals surface area contributed by atoms with Gasteiger partial charge in [0.05, 0.1) is 0 Å². The fourth-order valence-electron chi connectivity index (χ4n) is 2.90. The summed E-state index contributed by atoms with van der Waals surface area (Å²) in [6, 6.07) is 6.61. The van der Waals surface area contributed by atoms with Crippen LogP contribution in [0.1, 0.15) is 31.9 Å². The van der Waals surface area contributed by atoms with Crippen molar-refractivity contribution in [2.45, 2.75) is 32.4 Å². The van der Waals surface area contributed by atoms with E-state index in [0.29, 0.717) is 23.0 Å². The van der Waals surface area contributed by atoms with E-state index in [1.807, 2.05) is 18.2 Å². The van der Waals surface area contributed by atoms with E-state index in [2.05, 4.69) is 18.7 Å². The van der Waals surface area contributed by atoms with Gasteiger partial charge in [-0.2, -0.15) is 0 Å². The lowest BCUT2D eigenvalue weighted by Crippen LogP contribution is -2.31. The van der Waals surface area contributed by atoms with Crippen molar-refractivity contribution in [2.24, 2.45) is 11.7 Å². The van der Waals surface area contributed by atoms with Crippen LogP contribution >= 0.6 is 23.2 Å². The fraction of sp³-hybridized carbons (Fsp3) is 0.571. The summed E-state index contributed by atoms with van der Waals surface area (Å²) >= 11 is 12.2. The molecule has 0 radical (unpaired) electrons. The van der Waals surface area contributed by atoms with E-state index in [0.717, 1.165) is 23.7 Å². The van der Waals surface area contributed by atoms with E-state index in [1.54, 1.807) is 0 Å². The first-order valence-electron chi connectivity index (χ1n) is 6.43. The summed E-state index contributed by atoms with van der Waals surface area (Å²) < 4.78 is 0. The number of hydrogen-bond acceptors (Lipinski definition) is 2. The van der Waals surface area contributed by atoms with Gasteiger partial charge >= 0.3 is 0 Å². The summed E-state index contributed by atoms with van der Waals surface area (Å²) in [7, 11) is 0. The van der Waals surface area contributed by atoms with Gasteiger partial charge in [0.25, 0.3) is 0 Å². The van der Waals surface area contributed by atoms with Crippen molar-refractivity contribution in [3.8, 4) is 0 Å². The maximum Gasteiger partial charge on any atom is 0.0468 e. The summed E-state index contributed by atoms with van der Waals surface area (Å²) in [5, 5.41) is 1.43. The van der Waals surface area contributed by atoms with Crippen molar-refractivity contribution in [1.82, 2.24) is 4.90 Å². The highest BCUT2D eigenvalue weighted by Gasteiger charge is 2.32. The Hall–Kier alpha value is -0.280. The number of likely N-dealkylation sites (tertiary alicyclic amines) is 1. The van der Waals surface area contributed by atoms with E-state index in [1.165, 1.54) is 6.42 Å². The van der Waals surface area contributed by atoms with E-state index in [9.17, 15) is 0 Å². The van der Waals surface area contributed by atoms with Gasteiger partial charge in [-0.3, -0.25) is 4.90 Å². The molecule has 1 fully saturated rings. The molecule has 0 saturated carbocycles. The molecule has 3 atom stereocenters. The molecule has 1 saturated heterocycles. The second kappa shape index (κ2) is 5.79. The van der Waals surface area contributed by atoms with Crippen LogP contribution in [-0.2, 0) is 0 Å². The molecule has 1 aliphatic heterocycles. The number of nitrogens with two attached hydrogens (primary N) is 1. The number of rotatable bonds is 3. The van der Waals surface area contributed by atoms with Gasteiger partial charge in [0.15, 0.2) is 0 Å². The Balaban J connectivity index is 2.18. The highest BCUT2D eigenvalue weighted by atomic mass is 35.5. The van der Waals surface area contributed by atoms with Crippen LogP contribution in [0, 0.1) is 5.92 Å². The van der Waals surface area contributed by atoms with Crippen LogP contribution in [0.25, 0.3) is 0 Å². The van der Waals surface area contributed by atoms with Crippen LogP contribution in [0.4, 0.5) is 0 Å². The van der Waals surface area contributed by atoms with Gasteiger partial charge in [-0.15, -0.1) is 0 Å². The molecule has 0 spiro atoms. The molecule has 2 nitrogen and oxygen atoms in total. The van der Waals surface area contributed by atoms with Crippen LogP contribution in [0.3, 0.4) is 0 Å². The normalized spacial score (nSPS) is 26.5. The van der Waals surface area contributed by atoms with Crippen LogP contribution in [0.15, 0.2) is 18.2 Å². The van der Waals surface area contributed by atoms with Gasteiger partial charge in [0, 0.05) is 28.7 Å². The molecule has 1 aromatic rings. The third-order valence-corrected chi connectivity index (χ3v) is 4.52. The molecule has 0 aliphatic carbocycles. The molecule has 0 bridgehead atoms. The molecule has 1 aliphatic rings. The Morgan fingerprint density at radius 2 is 2.17 bits per heavy atom. The average molecular weight is 287 g/mol. The summed E-state index contributed by atoms with van der Waals surface area (Å²) in [6.07, 6.45) is 1.17. The van der Waals surface area contributed by atoms with Crippen molar-refractivity contribution < 1.29 is 0 Å². The lowest BCUT2D eigenvalue weighted by Gasteiger charge is -2.29. The number of halogens is 2. The third-order valence-electron chi connectivity index (χ3n) is 3.95. The van der Waals surface area contributed by atoms with Crippen LogP contribution in [0.2, 0.25) is 10.0 Å². The maximum absolute atomic E-state index is 6.28. The molecular formula is C14H20Cl2N2. The van der Waals surface area contributed by atoms with E-state index < -0.39 is 0 Å². The minimum Gasteiger partial charge on any atom is -0.330 e. The zero-order valence-corrected chi connectivity index (χ0v) is 12.4. The molecule has 0 aromatic heterocycles. The van der Waals surface area contributed by atoms with Crippen molar-refractivity contribution >= 4 is 23.2 Å². The highest BCUT2D eigenvalue weighted by Crippen LogP contribution is 2.35. The molecule has 2 N–H and O–H groups in total. The Bertz CT molecular complexity index is 422. The quantitative estimate of drug-likeness (QED) is 0.918. The first-order valence-corrected chi connectivity index (χ1v) is 7.19. The van der Waals surface area contributed by atoms with Gasteiger partial charge in [-0.1, -0.05) is 29.3 Å². The first-order chi connectivity index (χ1) is 8.52. The lowest BCUT2D eigenvalue weighted by atomic mass is 10.1. The summed E-state index contributed by atoms with van der Waals surface area (Å²) in [5.41, 5.74) is 6.92. The second-order valence-electron chi connectivity index (χ2n) is 5.23. The number of nitrogens with zero attached hydrogens (tertiary/aromatic N) is 1. The molecule has 0 amide bonds. The standard InChI is InChI=1S/C14H20Cl2N2/c1-9-5-11(7-17)8-18(9)10(2)13-4-3-12(15)6-14(13)16/h3-4,6,9-11H,5,7-8,17H2,1-2H3. The zero-order chi connectivity index (χ0) is 13.3. The highest BCUT2D eigenvalue weighted by molar-refractivity contribution is 6.35. The number of hydrogen-bond donors (Lipinski definition) is 1. The van der Waals surface area contributed by atoms with Crippen molar-refractivity contribution in [3.05, 3.63) is 33.8 Å². The van der Waals surface area contributed by atoms with Crippen molar-refractivity contribution in [1.29, 1.82) is 0 Å². The predicted octanol–water partition coefficient (Wildman–Crippen LogP) is 3.72. The Labute approximate surface area is 119 Å². The van der Waals surface area contributed by atoms with Gasteiger partial charge in [0.2, 0.25) is 0 Å². The van der Waals surface area contributed by atoms with Crippen molar-refractivity contribution in [3.63, 3.8) is 0 Å². The van der Waals surface area contributed by atoms with Gasteiger partial charge in [-0.25, -0.2) is 0 Å². The summed E-state index contributed by atoms with van der Waals surface area (Å²) in [6.45, 7) is 6.28. The van der Waals surface area contributed by atoms with Crippen LogP contribution in [-0.4, -0.2) is 24.0 Å². The first kappa shape index (κ1) is 14.1. The summed E-state index contributed by atoms with van der Waals surface area (Å²) in [5.74, 6) is 0.605. The minimum atomic E-state index is 0.307. The number of benzene rings is 1. The minimum absolute atomic E-state index is 0.307. The van der Waals surface area contributed by atoms with E-state index >= 15 is 0 Å². The van der Waals surface area contributed by atoms with Crippen molar-refractivity contribution in [2.75, 3.05) is 13.1 Å². The molecule has 1 aromatic carbocycles. The average Bonchev–Trinajstić information content (AvgIpc) is 2.70. The maximum atomic E-state index is 6.28. The molecule has 2 rings (SSSR count). The predicted molar refractivity (Wildman–Crippen MR) is 78.2 cm³/mol. The lowest BCUT2D eigenvalue weighted by molar-refractivity contribution is 0.201. The van der Waals surface area contributed by atoms with Crippen LogP contribution < -0.4 is 5.73 Å². The monoisotopic (exact) mass is 286 g/mol. The molecule has 100 valence electrons. The zero-order valence-electron chi connectivity index (χ0n) is 10.9. The topological polar surface area (TPSA) is 29.3 Å². The molecule has 18 heavy (non-hydrogen) atoms. The molecule has 3 unspecified atom stereocenters. The molecular weight excluding hydrogens is 267 g/mol. The third kappa shape index (κ3) is 2.83. The largest absolute Gasteiger partial charge is 0.330 e. The van der Waals surface area contributed by atoms with E-state index in [4.69, 9.17) is 28.9 Å². The fourth-order valence-corrected chi connectivity index (χ4v) is 3.47. The Kier molecular flexibility index (Phi) is 4.54. The molecule has 1 heterocycles. The van der Waals surface area contributed by atoms with Gasteiger partial charge < -0.3 is 5.73 Å². The SMILES string of the molecule is CC1CC(CN)CN1C(C)c1ccc(Cl)cc1Cl. The van der Waals surface area contributed by atoms with Gasteiger partial charge in [0.1, 0.15) is 0 Å². The molecule has 4 heteroatoms. The second-order valence-corrected chi connectivity index (χ2v) is 6.07. The van der Waals surface area contributed by atoms with Gasteiger partial charge in [-0.05, 0) is 50.4 Å². The summed E-state index contributed by atoms with van der Waals surface area (Å²) in [4.78, 5) is 2.48. The Morgan fingerprint density at radius 1 is 1.44 bits per heavy atom. The Morgan fingerprint density at radius 3 is 2.72 bits per heavy atom.